The van der Waals surface area contributed by atoms with E-state index in [1.54, 1.807) is 0 Å². The highest BCUT2D eigenvalue weighted by molar-refractivity contribution is 7.81. The van der Waals surface area contributed by atoms with Crippen molar-refractivity contribution >= 4 is 36.5 Å². The molecule has 0 fully saturated rings. The average molecular weight is 309 g/mol. The highest BCUT2D eigenvalue weighted by Crippen LogP contribution is 2.26. The maximum absolute atomic E-state index is 6.03. The minimum absolute atomic E-state index is 0.0929. The quantitative estimate of drug-likeness (QED) is 0.354. The number of hydrogen-bond acceptors (Lipinski definition) is 4. The third-order valence-electron chi connectivity index (χ3n) is 3.19. The Morgan fingerprint density at radius 1 is 1.30 bits per heavy atom. The van der Waals surface area contributed by atoms with E-state index in [0.29, 0.717) is 0 Å². The maximum Gasteiger partial charge on any atom is 0.0395 e. The van der Waals surface area contributed by atoms with Crippen LogP contribution in [0, 0.1) is 0 Å². The van der Waals surface area contributed by atoms with E-state index in [1.165, 1.54) is 0 Å². The first-order valence-electron chi connectivity index (χ1n) is 6.70. The molecule has 3 N–H and O–H groups in total. The summed E-state index contributed by atoms with van der Waals surface area (Å²) in [7, 11) is 0. The predicted molar refractivity (Wildman–Crippen MR) is 97.7 cm³/mol. The van der Waals surface area contributed by atoms with E-state index in [9.17, 15) is 0 Å². The van der Waals surface area contributed by atoms with Crippen molar-refractivity contribution in [3.05, 3.63) is 48.1 Å². The zero-order chi connectivity index (χ0) is 15.1. The third-order valence-corrected chi connectivity index (χ3v) is 4.27. The SMILES string of the molecule is C=C(C)C(S)CNCC(S)/C(=C/C)c1ccccc1N. The predicted octanol–water partition coefficient (Wildman–Crippen LogP) is 3.43. The standard InChI is InChI=1S/C16H24N2S2/c1-4-12(13-7-5-6-8-14(13)17)16(20)10-18-9-15(19)11(2)3/h4-8,15-16,18-20H,2,9-10,17H2,1,3H3/b12-4+. The highest BCUT2D eigenvalue weighted by Gasteiger charge is 2.13. The van der Waals surface area contributed by atoms with Crippen LogP contribution in [0.3, 0.4) is 0 Å². The van der Waals surface area contributed by atoms with Crippen LogP contribution in [0.15, 0.2) is 42.5 Å². The van der Waals surface area contributed by atoms with Gasteiger partial charge in [0, 0.05) is 34.8 Å². The number of hydrogen-bond donors (Lipinski definition) is 4. The van der Waals surface area contributed by atoms with Gasteiger partial charge in [-0.25, -0.2) is 0 Å². The normalized spacial score (nSPS) is 14.9. The van der Waals surface area contributed by atoms with Crippen LogP contribution in [0.5, 0.6) is 0 Å². The molecule has 2 unspecified atom stereocenters. The molecule has 0 aliphatic heterocycles. The fraction of sp³-hybridized carbons (Fsp3) is 0.375. The summed E-state index contributed by atoms with van der Waals surface area (Å²) in [5, 5.41) is 3.64. The summed E-state index contributed by atoms with van der Waals surface area (Å²) in [5.41, 5.74) is 10.1. The molecule has 0 saturated heterocycles. The van der Waals surface area contributed by atoms with Crippen molar-refractivity contribution in [1.29, 1.82) is 0 Å². The van der Waals surface area contributed by atoms with Crippen molar-refractivity contribution in [1.82, 2.24) is 5.32 Å². The van der Waals surface area contributed by atoms with Crippen molar-refractivity contribution in [3.8, 4) is 0 Å². The molecule has 0 bridgehead atoms. The number of para-hydroxylation sites is 1. The fourth-order valence-electron chi connectivity index (χ4n) is 1.93. The molecule has 0 amide bonds. The van der Waals surface area contributed by atoms with Crippen molar-refractivity contribution in [2.45, 2.75) is 24.3 Å². The van der Waals surface area contributed by atoms with E-state index >= 15 is 0 Å². The Morgan fingerprint density at radius 2 is 1.90 bits per heavy atom. The van der Waals surface area contributed by atoms with Crippen LogP contribution in [0.4, 0.5) is 5.69 Å². The van der Waals surface area contributed by atoms with E-state index in [4.69, 9.17) is 5.73 Å². The molecule has 0 aliphatic carbocycles. The summed E-state index contributed by atoms with van der Waals surface area (Å²) >= 11 is 9.15. The van der Waals surface area contributed by atoms with Gasteiger partial charge in [0.2, 0.25) is 0 Å². The molecule has 0 saturated carbocycles. The Balaban J connectivity index is 2.63. The van der Waals surface area contributed by atoms with Crippen LogP contribution in [0.25, 0.3) is 5.57 Å². The Morgan fingerprint density at radius 3 is 2.45 bits per heavy atom. The number of nitrogens with one attached hydrogen (secondary N) is 1. The first-order valence-corrected chi connectivity index (χ1v) is 7.74. The van der Waals surface area contributed by atoms with E-state index < -0.39 is 0 Å². The minimum atomic E-state index is 0.0929. The number of benzene rings is 1. The zero-order valence-electron chi connectivity index (χ0n) is 12.1. The van der Waals surface area contributed by atoms with Gasteiger partial charge in [-0.3, -0.25) is 0 Å². The van der Waals surface area contributed by atoms with Crippen LogP contribution >= 0.6 is 25.3 Å². The van der Waals surface area contributed by atoms with Gasteiger partial charge in [0.05, 0.1) is 0 Å². The summed E-state index contributed by atoms with van der Waals surface area (Å²) < 4.78 is 0. The number of anilines is 1. The molecule has 0 radical (unpaired) electrons. The van der Waals surface area contributed by atoms with Gasteiger partial charge < -0.3 is 11.1 Å². The molecule has 2 atom stereocenters. The molecule has 4 heteroatoms. The van der Waals surface area contributed by atoms with Gasteiger partial charge in [-0.2, -0.15) is 25.3 Å². The second-order valence-electron chi connectivity index (χ2n) is 4.87. The second-order valence-corrected chi connectivity index (χ2v) is 6.11. The van der Waals surface area contributed by atoms with Crippen LogP contribution < -0.4 is 11.1 Å². The Bertz CT molecular complexity index is 483. The van der Waals surface area contributed by atoms with Gasteiger partial charge in [0.1, 0.15) is 0 Å². The molecule has 1 aromatic carbocycles. The Hall–Kier alpha value is -0.840. The van der Waals surface area contributed by atoms with Crippen LogP contribution in [0.1, 0.15) is 19.4 Å². The summed E-state index contributed by atoms with van der Waals surface area (Å²) in [6.07, 6.45) is 2.07. The third kappa shape index (κ3) is 4.93. The molecule has 1 rings (SSSR count). The lowest BCUT2D eigenvalue weighted by Gasteiger charge is -2.19. The Labute approximate surface area is 133 Å². The van der Waals surface area contributed by atoms with Crippen molar-refractivity contribution in [2.75, 3.05) is 18.8 Å². The molecule has 110 valence electrons. The van der Waals surface area contributed by atoms with Gasteiger partial charge in [-0.05, 0) is 25.5 Å². The molecular formula is C16H24N2S2. The smallest absolute Gasteiger partial charge is 0.0395 e. The number of nitrogen functional groups attached to an aromatic ring is 1. The Kier molecular flexibility index (Phi) is 7.27. The van der Waals surface area contributed by atoms with E-state index in [2.05, 4.69) is 43.2 Å². The number of thiol groups is 2. The zero-order valence-corrected chi connectivity index (χ0v) is 13.9. The topological polar surface area (TPSA) is 38.0 Å². The molecule has 1 aromatic rings. The van der Waals surface area contributed by atoms with Gasteiger partial charge in [-0.15, -0.1) is 0 Å². The van der Waals surface area contributed by atoms with Crippen LogP contribution in [-0.4, -0.2) is 23.6 Å². The first-order chi connectivity index (χ1) is 9.47. The maximum atomic E-state index is 6.03. The molecule has 20 heavy (non-hydrogen) atoms. The molecular weight excluding hydrogens is 284 g/mol. The number of rotatable bonds is 7. The summed E-state index contributed by atoms with van der Waals surface area (Å²) in [5.74, 6) is 0. The van der Waals surface area contributed by atoms with E-state index in [0.717, 1.165) is 35.5 Å². The minimum Gasteiger partial charge on any atom is -0.398 e. The molecule has 2 nitrogen and oxygen atoms in total. The molecule has 0 heterocycles. The van der Waals surface area contributed by atoms with Gasteiger partial charge in [0.15, 0.2) is 0 Å². The average Bonchev–Trinajstić information content (AvgIpc) is 2.41. The van der Waals surface area contributed by atoms with Gasteiger partial charge >= 0.3 is 0 Å². The van der Waals surface area contributed by atoms with E-state index in [-0.39, 0.29) is 10.5 Å². The van der Waals surface area contributed by atoms with Crippen molar-refractivity contribution in [3.63, 3.8) is 0 Å². The van der Waals surface area contributed by atoms with Crippen molar-refractivity contribution in [2.24, 2.45) is 0 Å². The van der Waals surface area contributed by atoms with Crippen molar-refractivity contribution < 1.29 is 0 Å². The van der Waals surface area contributed by atoms with Crippen LogP contribution in [0.2, 0.25) is 0 Å². The van der Waals surface area contributed by atoms with Crippen LogP contribution in [-0.2, 0) is 0 Å². The second kappa shape index (κ2) is 8.45. The monoisotopic (exact) mass is 308 g/mol. The number of nitrogens with two attached hydrogens (primary N) is 1. The lowest BCUT2D eigenvalue weighted by molar-refractivity contribution is 0.707. The summed E-state index contributed by atoms with van der Waals surface area (Å²) in [6.45, 7) is 9.45. The lowest BCUT2D eigenvalue weighted by Crippen LogP contribution is -2.30. The summed E-state index contributed by atoms with van der Waals surface area (Å²) in [4.78, 5) is 0. The summed E-state index contributed by atoms with van der Waals surface area (Å²) in [6, 6.07) is 7.88. The lowest BCUT2D eigenvalue weighted by atomic mass is 10.0. The van der Waals surface area contributed by atoms with Gasteiger partial charge in [-0.1, -0.05) is 36.4 Å². The van der Waals surface area contributed by atoms with E-state index in [1.807, 2.05) is 38.1 Å². The van der Waals surface area contributed by atoms with Gasteiger partial charge in [0.25, 0.3) is 0 Å². The highest BCUT2D eigenvalue weighted by atomic mass is 32.1. The molecule has 0 spiro atoms. The first kappa shape index (κ1) is 17.2. The number of allylic oxidation sites excluding steroid dienone is 1. The fourth-order valence-corrected chi connectivity index (χ4v) is 2.47. The molecule has 0 aliphatic rings. The largest absolute Gasteiger partial charge is 0.398 e. The molecule has 0 aromatic heterocycles.